The van der Waals surface area contributed by atoms with Crippen LogP contribution in [0, 0.1) is 47.4 Å². The predicted octanol–water partition coefficient (Wildman–Crippen LogP) is 9.09. The van der Waals surface area contributed by atoms with Crippen LogP contribution in [0.5, 0.6) is 0 Å². The van der Waals surface area contributed by atoms with Crippen LogP contribution in [0.2, 0.25) is 0 Å². The minimum Gasteiger partial charge on any atom is -0.480 e. The summed E-state index contributed by atoms with van der Waals surface area (Å²) < 4.78 is 16.1. The van der Waals surface area contributed by atoms with E-state index in [-0.39, 0.29) is 69.6 Å². The fourth-order valence-electron chi connectivity index (χ4n) is 14.5. The highest BCUT2D eigenvalue weighted by Crippen LogP contribution is 2.32. The number of amides is 10. The number of rotatable bonds is 37. The molecule has 0 aliphatic carbocycles. The number of hydrogen-bond acceptors (Lipinski definition) is 20. The lowest BCUT2D eigenvalue weighted by molar-refractivity contribution is -0.146. The molecule has 10 amide bonds. The summed E-state index contributed by atoms with van der Waals surface area (Å²) in [6.07, 6.45) is 11.0. The van der Waals surface area contributed by atoms with E-state index in [0.717, 1.165) is 59.3 Å². The minimum atomic E-state index is -1.24. The molecule has 0 radical (unpaired) electrons. The van der Waals surface area contributed by atoms with Gasteiger partial charge in [-0.3, -0.25) is 62.9 Å². The van der Waals surface area contributed by atoms with Gasteiger partial charge in [-0.2, -0.15) is 0 Å². The molecule has 4 heterocycles. The Labute approximate surface area is 771 Å². The first-order valence-corrected chi connectivity index (χ1v) is 44.8. The van der Waals surface area contributed by atoms with Gasteiger partial charge in [0.25, 0.3) is 0 Å². The molecule has 708 valence electrons. The van der Waals surface area contributed by atoms with Gasteiger partial charge in [-0.05, 0) is 190 Å². The SMILES string of the molecule is CC(C)C[C@H](NC(=O)OC(C)(C)C)C(=O)N[C@H](C(=O)N[C@@H](Cc1ccccc1)C(=O)N[C@@H](Cc1ccccc1)C(=O)N[C@@H](C)C(=O)O)C(C)C.CC(C)C[C@H](NC(=O)OC(C)(C)C)C(=O)N[C@H](C(=O)N[C@@H](Cc1ccccc1)C(=O)N[C@@H](Cc1ccccc1)C(=O)N[C@@H](C)C(=O)OCC#Cc1cncc(C2CCCN2C)c1)C(C)C.CN1CCCC1c1cncc(C#CCO)c1. The second kappa shape index (κ2) is 53.5. The quantitative estimate of drug-likeness (QED) is 0.00982. The molecule has 2 aromatic heterocycles. The summed E-state index contributed by atoms with van der Waals surface area (Å²) in [7, 11) is 4.23. The molecular weight excluding hydrogens is 1670 g/mol. The summed E-state index contributed by atoms with van der Waals surface area (Å²) in [5.74, 6) is 3.45. The van der Waals surface area contributed by atoms with Crippen molar-refractivity contribution in [3.05, 3.63) is 203 Å². The zero-order valence-corrected chi connectivity index (χ0v) is 79.0. The zero-order valence-electron chi connectivity index (χ0n) is 79.0. The molecule has 0 bridgehead atoms. The van der Waals surface area contributed by atoms with Gasteiger partial charge in [-0.1, -0.05) is 200 Å². The van der Waals surface area contributed by atoms with Crippen LogP contribution in [0.25, 0.3) is 0 Å². The Morgan fingerprint density at radius 2 is 0.725 bits per heavy atom. The fourth-order valence-corrected chi connectivity index (χ4v) is 14.5. The summed E-state index contributed by atoms with van der Waals surface area (Å²) in [5, 5.41) is 45.0. The minimum absolute atomic E-state index is 0.00969. The standard InChI is InChI=1S/C50H67N7O8.C37H53N5O8.C13H16N2O/c1-32(2)26-39(55-49(63)65-50(6,7)8)46(60)56-43(33(3)4)47(61)54-41(29-36-20-14-11-15-21-36)45(59)53-40(28-35-18-12-10-13-19-35)44(58)52-34(5)48(62)64-25-17-22-37-27-38(31-51-30-37)42-23-16-24-57(42)9;1-22(2)19-27(41-36(49)50-37(6,7)8)33(45)42-30(23(3)4)34(46)40-29(21-26-17-13-10-14-18-26)32(44)39-28(20-25-15-11-9-12-16-25)31(43)38-24(5)35(47)48;1-15-6-2-5-13(15)12-8-11(4-3-7-16)9-14-10-12/h10-15,18-21,27,30-34,39-43H,16,23-26,28-29H2,1-9H3,(H,52,58)(H,53,59)(H,54,61)(H,55,63)(H,56,60);9-18,22-24,27-30H,19-21H2,1-8H3,(H,38,43)(H,39,44)(H,40,46)(H,41,49)(H,42,45)(H,47,48);8-10,13,16H,2,5-7H2,1H3/t34-,39-,40-,41-,42?,43-;24-,27-,28-,29-,30-;/m00./s1. The normalized spacial score (nSPS) is 16.0. The molecule has 0 saturated carbocycles. The first-order valence-electron chi connectivity index (χ1n) is 44.8. The Hall–Kier alpha value is -12.6. The lowest BCUT2D eigenvalue weighted by Crippen LogP contribution is -2.60. The van der Waals surface area contributed by atoms with Crippen molar-refractivity contribution in [3.63, 3.8) is 0 Å². The smallest absolute Gasteiger partial charge is 0.408 e. The van der Waals surface area contributed by atoms with E-state index in [1.54, 1.807) is 160 Å². The number of nitrogens with one attached hydrogen (secondary N) is 10. The van der Waals surface area contributed by atoms with Crippen molar-refractivity contribution in [1.29, 1.82) is 0 Å². The van der Waals surface area contributed by atoms with E-state index in [0.29, 0.717) is 11.6 Å². The summed E-state index contributed by atoms with van der Waals surface area (Å²) in [6, 6.07) is 29.6. The van der Waals surface area contributed by atoms with E-state index in [1.165, 1.54) is 32.3 Å². The largest absolute Gasteiger partial charge is 0.480 e. The number of carbonyl (C=O) groups is 12. The van der Waals surface area contributed by atoms with Gasteiger partial charge in [0.15, 0.2) is 6.61 Å². The second-order valence-electron chi connectivity index (χ2n) is 36.6. The first-order chi connectivity index (χ1) is 62.0. The van der Waals surface area contributed by atoms with E-state index < -0.39 is 155 Å². The molecule has 2 unspecified atom stereocenters. The maximum atomic E-state index is 14.3. The van der Waals surface area contributed by atoms with Gasteiger partial charge < -0.3 is 77.6 Å². The number of aromatic nitrogens is 2. The maximum absolute atomic E-state index is 14.3. The summed E-state index contributed by atoms with van der Waals surface area (Å²) in [5.41, 5.74) is 5.22. The Kier molecular flexibility index (Phi) is 43.8. The highest BCUT2D eigenvalue weighted by Gasteiger charge is 2.38. The number of alkyl carbamates (subject to hydrolysis) is 2. The number of aliphatic hydroxyl groups excluding tert-OH is 1. The van der Waals surface area contributed by atoms with Crippen LogP contribution in [-0.2, 0) is 87.8 Å². The van der Waals surface area contributed by atoms with Crippen LogP contribution in [0.3, 0.4) is 0 Å². The summed E-state index contributed by atoms with van der Waals surface area (Å²) in [6.45, 7) is 29.5. The van der Waals surface area contributed by atoms with Crippen molar-refractivity contribution in [3.8, 4) is 23.7 Å². The summed E-state index contributed by atoms with van der Waals surface area (Å²) in [4.78, 5) is 174. The van der Waals surface area contributed by atoms with Crippen LogP contribution in [0.15, 0.2) is 158 Å². The zero-order chi connectivity index (χ0) is 96.7. The van der Waals surface area contributed by atoms with Crippen molar-refractivity contribution >= 4 is 71.4 Å². The number of benzene rings is 4. The molecule has 2 aliphatic heterocycles. The Balaban J connectivity index is 0.000000351. The number of likely N-dealkylation sites (tertiary alicyclic amines) is 2. The number of hydrogen-bond donors (Lipinski definition) is 12. The van der Waals surface area contributed by atoms with E-state index in [1.807, 2.05) is 88.6 Å². The van der Waals surface area contributed by atoms with E-state index in [4.69, 9.17) is 19.3 Å². The first kappa shape index (κ1) is 107. The molecule has 12 N–H and O–H groups in total. The number of carboxylic acid groups (broad SMARTS) is 1. The fraction of sp³-hybridized carbons (Fsp3) is 0.500. The van der Waals surface area contributed by atoms with Crippen molar-refractivity contribution in [2.45, 2.75) is 259 Å². The van der Waals surface area contributed by atoms with Gasteiger partial charge in [0.1, 0.15) is 78.2 Å². The van der Waals surface area contributed by atoms with Gasteiger partial charge in [-0.15, -0.1) is 0 Å². The summed E-state index contributed by atoms with van der Waals surface area (Å²) >= 11 is 0. The third kappa shape index (κ3) is 38.9. The molecule has 131 heavy (non-hydrogen) atoms. The number of nitrogens with zero attached hydrogens (tertiary/aromatic N) is 4. The van der Waals surface area contributed by atoms with Gasteiger partial charge in [-0.25, -0.2) is 14.4 Å². The molecule has 6 aromatic rings. The van der Waals surface area contributed by atoms with Crippen molar-refractivity contribution in [2.24, 2.45) is 23.7 Å². The van der Waals surface area contributed by atoms with Crippen molar-refractivity contribution in [1.82, 2.24) is 72.9 Å². The Morgan fingerprint density at radius 3 is 1.02 bits per heavy atom. The number of esters is 1. The molecule has 2 saturated heterocycles. The van der Waals surface area contributed by atoms with Gasteiger partial charge in [0.2, 0.25) is 47.3 Å². The number of aliphatic hydroxyl groups is 1. The molecule has 8 rings (SSSR count). The van der Waals surface area contributed by atoms with Crippen molar-refractivity contribution < 1.29 is 82.0 Å². The molecule has 31 heteroatoms. The number of carboxylic acids is 1. The lowest BCUT2D eigenvalue weighted by atomic mass is 9.98. The number of aliphatic carboxylic acids is 1. The molecule has 4 aromatic carbocycles. The lowest BCUT2D eigenvalue weighted by Gasteiger charge is -2.29. The highest BCUT2D eigenvalue weighted by molar-refractivity contribution is 5.98. The monoisotopic (exact) mass is 1810 g/mol. The number of ether oxygens (including phenoxy) is 3. The molecule has 2 aliphatic rings. The number of pyridine rings is 2. The van der Waals surface area contributed by atoms with Gasteiger partial charge in [0, 0.05) is 73.7 Å². The maximum Gasteiger partial charge on any atom is 0.408 e. The van der Waals surface area contributed by atoms with Crippen LogP contribution in [0.4, 0.5) is 9.59 Å². The predicted molar refractivity (Wildman–Crippen MR) is 499 cm³/mol. The van der Waals surface area contributed by atoms with Crippen LogP contribution < -0.4 is 53.2 Å². The molecule has 0 spiro atoms. The third-order valence-corrected chi connectivity index (χ3v) is 21.2. The molecule has 31 nitrogen and oxygen atoms in total. The van der Waals surface area contributed by atoms with Crippen LogP contribution in [-0.4, -0.2) is 213 Å². The molecule has 2 fully saturated rings. The Morgan fingerprint density at radius 1 is 0.412 bits per heavy atom. The average Bonchev–Trinajstić information content (AvgIpc) is 1.43. The molecular formula is C100H136N14O17. The molecule has 12 atom stereocenters. The van der Waals surface area contributed by atoms with Crippen LogP contribution >= 0.6 is 0 Å². The topological polar surface area (TPSA) is 426 Å². The highest BCUT2D eigenvalue weighted by atomic mass is 16.6. The van der Waals surface area contributed by atoms with E-state index in [2.05, 4.69) is 117 Å². The van der Waals surface area contributed by atoms with Crippen molar-refractivity contribution in [2.75, 3.05) is 40.4 Å². The number of carbonyl (C=O) groups excluding carboxylic acids is 11. The van der Waals surface area contributed by atoms with E-state index >= 15 is 0 Å². The van der Waals surface area contributed by atoms with Gasteiger partial charge >= 0.3 is 24.1 Å². The van der Waals surface area contributed by atoms with Crippen LogP contribution in [0.1, 0.15) is 206 Å². The third-order valence-electron chi connectivity index (χ3n) is 21.2. The second-order valence-corrected chi connectivity index (χ2v) is 36.6. The Bertz CT molecular complexity index is 4850. The average molecular weight is 1810 g/mol. The van der Waals surface area contributed by atoms with Gasteiger partial charge in [0.05, 0.1) is 0 Å². The van der Waals surface area contributed by atoms with E-state index in [9.17, 15) is 62.6 Å².